The summed E-state index contributed by atoms with van der Waals surface area (Å²) in [5, 5.41) is 12.1. The minimum Gasteiger partial charge on any atom is -0.456 e. The van der Waals surface area contributed by atoms with Crippen molar-refractivity contribution < 1.29 is 4.42 Å². The Bertz CT molecular complexity index is 5610. The van der Waals surface area contributed by atoms with E-state index >= 15 is 0 Å². The van der Waals surface area contributed by atoms with Crippen LogP contribution in [0.4, 0.5) is 0 Å². The molecule has 0 spiro atoms. The molecule has 83 heavy (non-hydrogen) atoms. The van der Waals surface area contributed by atoms with Gasteiger partial charge in [-0.05, 0) is 160 Å². The Morgan fingerprint density at radius 1 is 0.229 bits per heavy atom. The van der Waals surface area contributed by atoms with Gasteiger partial charge in [-0.15, -0.1) is 11.3 Å². The minimum atomic E-state index is 0.871. The Hall–Kier alpha value is -10.7. The normalized spacial score (nSPS) is 12.1. The summed E-state index contributed by atoms with van der Waals surface area (Å²) in [7, 11) is 0. The molecule has 4 nitrogen and oxygen atoms in total. The van der Waals surface area contributed by atoms with Crippen LogP contribution in [0, 0.1) is 0 Å². The summed E-state index contributed by atoms with van der Waals surface area (Å²) in [4.78, 5) is 0. The van der Waals surface area contributed by atoms with Gasteiger partial charge in [0.1, 0.15) is 11.2 Å². The van der Waals surface area contributed by atoms with E-state index in [4.69, 9.17) is 4.42 Å². The number of rotatable bonds is 7. The molecule has 0 saturated carbocycles. The van der Waals surface area contributed by atoms with Gasteiger partial charge in [0.2, 0.25) is 0 Å². The third-order valence-corrected chi connectivity index (χ3v) is 18.6. The van der Waals surface area contributed by atoms with Gasteiger partial charge < -0.3 is 18.1 Å². The summed E-state index contributed by atoms with van der Waals surface area (Å²) in [5.41, 5.74) is 21.6. The monoisotopic (exact) mass is 1070 g/mol. The topological polar surface area (TPSA) is 27.9 Å². The highest BCUT2D eigenvalue weighted by molar-refractivity contribution is 7.26. The summed E-state index contributed by atoms with van der Waals surface area (Å²) in [5.74, 6) is 0. The molecule has 0 bridgehead atoms. The van der Waals surface area contributed by atoms with Crippen LogP contribution in [-0.2, 0) is 0 Å². The van der Waals surface area contributed by atoms with Gasteiger partial charge in [0.25, 0.3) is 0 Å². The van der Waals surface area contributed by atoms with Crippen molar-refractivity contribution in [2.75, 3.05) is 0 Å². The van der Waals surface area contributed by atoms with E-state index < -0.39 is 0 Å². The Labute approximate surface area is 480 Å². The molecule has 0 unspecified atom stereocenters. The summed E-state index contributed by atoms with van der Waals surface area (Å²) in [6, 6.07) is 105. The van der Waals surface area contributed by atoms with E-state index in [0.29, 0.717) is 0 Å². The maximum absolute atomic E-state index is 6.65. The lowest BCUT2D eigenvalue weighted by molar-refractivity contribution is 0.669. The second-order valence-corrected chi connectivity index (χ2v) is 23.1. The zero-order valence-electron chi connectivity index (χ0n) is 44.8. The molecule has 0 fully saturated rings. The smallest absolute Gasteiger partial charge is 0.135 e. The number of para-hydroxylation sites is 3. The molecular formula is C78H47N3OS. The number of hydrogen-bond acceptors (Lipinski definition) is 2. The van der Waals surface area contributed by atoms with Crippen LogP contribution in [0.1, 0.15) is 0 Å². The molecule has 18 rings (SSSR count). The van der Waals surface area contributed by atoms with Gasteiger partial charge in [0.15, 0.2) is 0 Å². The van der Waals surface area contributed by atoms with Crippen LogP contribution < -0.4 is 0 Å². The minimum absolute atomic E-state index is 0.871. The van der Waals surface area contributed by atoms with Gasteiger partial charge in [-0.2, -0.15) is 0 Å². The van der Waals surface area contributed by atoms with E-state index in [2.05, 4.69) is 299 Å². The highest BCUT2D eigenvalue weighted by Gasteiger charge is 2.23. The first-order valence-electron chi connectivity index (χ1n) is 28.4. The molecule has 13 aromatic carbocycles. The first-order valence-corrected chi connectivity index (χ1v) is 29.2. The summed E-state index contributed by atoms with van der Waals surface area (Å²) in [6.45, 7) is 0. The molecule has 0 N–H and O–H groups in total. The molecule has 5 heterocycles. The molecular weight excluding hydrogens is 1030 g/mol. The van der Waals surface area contributed by atoms with Gasteiger partial charge in [-0.1, -0.05) is 170 Å². The maximum Gasteiger partial charge on any atom is 0.135 e. The van der Waals surface area contributed by atoms with Crippen LogP contribution in [0.2, 0.25) is 0 Å². The Morgan fingerprint density at radius 2 is 0.663 bits per heavy atom. The highest BCUT2D eigenvalue weighted by Crippen LogP contribution is 2.46. The zero-order chi connectivity index (χ0) is 54.3. The Morgan fingerprint density at radius 3 is 1.28 bits per heavy atom. The van der Waals surface area contributed by atoms with Crippen molar-refractivity contribution in [3.05, 3.63) is 285 Å². The molecule has 5 aromatic heterocycles. The molecule has 0 saturated heterocycles. The SMILES string of the molecule is c1ccc(-c2cc(-c3ccccc3)cc(-n3c4ccc(-c5ccc6oc7ccc(-c8ccc9c(c8)c8ccc%10c%11ccccc%11sc%10c8n9-c8ccccc8)cc7c6c5)cc4c4cc5c(cc43)c3ccccc3n5-c3ccccc3)c2)cc1. The number of aromatic nitrogens is 3. The van der Waals surface area contributed by atoms with Gasteiger partial charge in [0.05, 0.1) is 37.8 Å². The first-order chi connectivity index (χ1) is 41.1. The molecule has 0 radical (unpaired) electrons. The van der Waals surface area contributed by atoms with Crippen LogP contribution in [0.3, 0.4) is 0 Å². The average molecular weight is 1070 g/mol. The molecule has 5 heteroatoms. The van der Waals surface area contributed by atoms with Crippen LogP contribution in [0.25, 0.3) is 169 Å². The van der Waals surface area contributed by atoms with Gasteiger partial charge >= 0.3 is 0 Å². The van der Waals surface area contributed by atoms with Crippen molar-refractivity contribution in [2.24, 2.45) is 0 Å². The van der Waals surface area contributed by atoms with Crippen molar-refractivity contribution in [3.63, 3.8) is 0 Å². The molecule has 0 aliphatic carbocycles. The van der Waals surface area contributed by atoms with E-state index in [-0.39, 0.29) is 0 Å². The number of hydrogen-bond donors (Lipinski definition) is 0. The fraction of sp³-hybridized carbons (Fsp3) is 0. The summed E-state index contributed by atoms with van der Waals surface area (Å²) < 4.78 is 16.7. The number of nitrogens with zero attached hydrogens (tertiary/aromatic N) is 3. The third-order valence-electron chi connectivity index (χ3n) is 17.4. The zero-order valence-corrected chi connectivity index (χ0v) is 45.6. The average Bonchev–Trinajstić information content (AvgIpc) is 3.36. The van der Waals surface area contributed by atoms with E-state index in [1.807, 2.05) is 11.3 Å². The van der Waals surface area contributed by atoms with Crippen molar-refractivity contribution >= 4 is 119 Å². The standard InChI is InChI=1S/C78H47N3OS/c1-5-17-48(18-6-1)54-39-55(49-19-7-2-8-20-49)41-58(40-54)80-70-35-29-51(43-64(70)66-47-72-65(46-73(66)80)59-25-13-15-27-69(59)79(72)56-21-9-3-10-22-56)53-32-38-75-68(45-53)67-44-52(31-37-74(67)82-75)50-30-36-71-63(42-50)61-33-34-62-60-26-14-16-28-76(60)83-78(62)77(61)81(71)57-23-11-4-12-24-57/h1-47H. The van der Waals surface area contributed by atoms with E-state index in [0.717, 1.165) is 66.7 Å². The van der Waals surface area contributed by atoms with Gasteiger partial charge in [0, 0.05) is 75.6 Å². The number of benzene rings is 13. The lowest BCUT2D eigenvalue weighted by Gasteiger charge is -2.14. The summed E-state index contributed by atoms with van der Waals surface area (Å²) in [6.07, 6.45) is 0. The highest BCUT2D eigenvalue weighted by atomic mass is 32.1. The second kappa shape index (κ2) is 17.9. The van der Waals surface area contributed by atoms with Crippen LogP contribution >= 0.6 is 11.3 Å². The maximum atomic E-state index is 6.65. The molecule has 0 amide bonds. The van der Waals surface area contributed by atoms with E-state index in [1.165, 1.54) is 102 Å². The van der Waals surface area contributed by atoms with Gasteiger partial charge in [-0.3, -0.25) is 0 Å². The first kappa shape index (κ1) is 46.1. The predicted octanol–water partition coefficient (Wildman–Crippen LogP) is 21.9. The Balaban J connectivity index is 0.822. The van der Waals surface area contributed by atoms with Crippen molar-refractivity contribution in [1.29, 1.82) is 0 Å². The molecule has 18 aromatic rings. The van der Waals surface area contributed by atoms with Crippen molar-refractivity contribution in [3.8, 4) is 61.6 Å². The lowest BCUT2D eigenvalue weighted by atomic mass is 9.98. The third kappa shape index (κ3) is 7.05. The quantitative estimate of drug-likeness (QED) is 0.156. The van der Waals surface area contributed by atoms with Crippen LogP contribution in [0.5, 0.6) is 0 Å². The van der Waals surface area contributed by atoms with E-state index in [1.54, 1.807) is 0 Å². The number of furan rings is 1. The molecule has 0 aliphatic heterocycles. The van der Waals surface area contributed by atoms with Gasteiger partial charge in [-0.25, -0.2) is 0 Å². The van der Waals surface area contributed by atoms with E-state index in [9.17, 15) is 0 Å². The number of thiophene rings is 1. The molecule has 0 aliphatic rings. The number of fused-ring (bicyclic) bond motifs is 16. The predicted molar refractivity (Wildman–Crippen MR) is 351 cm³/mol. The fourth-order valence-corrected chi connectivity index (χ4v) is 14.8. The fourth-order valence-electron chi connectivity index (χ4n) is 13.6. The largest absolute Gasteiger partial charge is 0.456 e. The summed E-state index contributed by atoms with van der Waals surface area (Å²) >= 11 is 1.89. The van der Waals surface area contributed by atoms with Crippen molar-refractivity contribution in [1.82, 2.24) is 13.7 Å². The van der Waals surface area contributed by atoms with Crippen LogP contribution in [0.15, 0.2) is 290 Å². The lowest BCUT2D eigenvalue weighted by Crippen LogP contribution is -1.96. The van der Waals surface area contributed by atoms with Crippen molar-refractivity contribution in [2.45, 2.75) is 0 Å². The second-order valence-electron chi connectivity index (χ2n) is 22.0. The molecule has 386 valence electrons. The Kier molecular flexibility index (Phi) is 9.93. The molecule has 0 atom stereocenters. The van der Waals surface area contributed by atoms with Crippen LogP contribution in [-0.4, -0.2) is 13.7 Å².